The zero-order valence-electron chi connectivity index (χ0n) is 12.5. The van der Waals surface area contributed by atoms with E-state index in [4.69, 9.17) is 4.74 Å². The summed E-state index contributed by atoms with van der Waals surface area (Å²) in [5.74, 6) is -0.220. The van der Waals surface area contributed by atoms with E-state index in [-0.39, 0.29) is 17.8 Å². The summed E-state index contributed by atoms with van der Waals surface area (Å²) in [6.07, 6.45) is 0.343. The minimum Gasteiger partial charge on any atom is -0.480 e. The van der Waals surface area contributed by atoms with Gasteiger partial charge in [-0.25, -0.2) is 4.39 Å². The maximum Gasteiger partial charge on any atom is 0.260 e. The Kier molecular flexibility index (Phi) is 6.45. The molecule has 0 saturated carbocycles. The van der Waals surface area contributed by atoms with Crippen molar-refractivity contribution in [3.8, 4) is 5.75 Å². The number of likely N-dealkylation sites (N-methyl/N-ethyl adjacent to an activating group) is 1. The summed E-state index contributed by atoms with van der Waals surface area (Å²) in [7, 11) is 1.54. The Morgan fingerprint density at radius 2 is 2.10 bits per heavy atom. The van der Waals surface area contributed by atoms with Gasteiger partial charge in [0.2, 0.25) is 0 Å². The fourth-order valence-corrected chi connectivity index (χ4v) is 1.89. The second kappa shape index (κ2) is 7.85. The first-order chi connectivity index (χ1) is 9.49. The number of hydrogen-bond acceptors (Lipinski definition) is 3. The zero-order valence-corrected chi connectivity index (χ0v) is 12.5. The number of benzene rings is 1. The van der Waals surface area contributed by atoms with Crippen LogP contribution in [0.1, 0.15) is 38.8 Å². The van der Waals surface area contributed by atoms with Gasteiger partial charge in [-0.2, -0.15) is 0 Å². The minimum atomic E-state index is -0.668. The first-order valence-electron chi connectivity index (χ1n) is 6.90. The molecule has 0 fully saturated rings. The van der Waals surface area contributed by atoms with Crippen LogP contribution in [0, 0.1) is 5.82 Å². The summed E-state index contributed by atoms with van der Waals surface area (Å²) in [5.41, 5.74) is 0.843. The van der Waals surface area contributed by atoms with Gasteiger partial charge in [-0.1, -0.05) is 13.0 Å². The topological polar surface area (TPSA) is 50.4 Å². The molecule has 112 valence electrons. The quantitative estimate of drug-likeness (QED) is 0.807. The highest BCUT2D eigenvalue weighted by Gasteiger charge is 2.18. The van der Waals surface area contributed by atoms with Crippen LogP contribution in [0.2, 0.25) is 0 Å². The van der Waals surface area contributed by atoms with Crippen LogP contribution in [0.5, 0.6) is 5.75 Å². The molecule has 4 nitrogen and oxygen atoms in total. The zero-order chi connectivity index (χ0) is 15.1. The third-order valence-electron chi connectivity index (χ3n) is 3.06. The molecule has 1 amide bonds. The van der Waals surface area contributed by atoms with Crippen LogP contribution in [-0.2, 0) is 4.79 Å². The largest absolute Gasteiger partial charge is 0.480 e. The highest BCUT2D eigenvalue weighted by Crippen LogP contribution is 2.27. The molecule has 0 radical (unpaired) electrons. The number of ether oxygens (including phenoxy) is 1. The molecule has 1 rings (SSSR count). The van der Waals surface area contributed by atoms with E-state index in [2.05, 4.69) is 17.6 Å². The summed E-state index contributed by atoms with van der Waals surface area (Å²) in [4.78, 5) is 11.5. The Balaban J connectivity index is 2.92. The average molecular weight is 282 g/mol. The van der Waals surface area contributed by atoms with E-state index < -0.39 is 6.10 Å². The van der Waals surface area contributed by atoms with E-state index in [0.717, 1.165) is 18.5 Å². The summed E-state index contributed by atoms with van der Waals surface area (Å²) < 4.78 is 19.0. The highest BCUT2D eigenvalue weighted by molar-refractivity contribution is 5.80. The predicted octanol–water partition coefficient (Wildman–Crippen LogP) is 2.40. The van der Waals surface area contributed by atoms with Gasteiger partial charge in [0.1, 0.15) is 11.6 Å². The number of rotatable bonds is 7. The van der Waals surface area contributed by atoms with Gasteiger partial charge in [0.15, 0.2) is 6.10 Å². The molecule has 2 N–H and O–H groups in total. The molecule has 2 atom stereocenters. The Morgan fingerprint density at radius 1 is 1.40 bits per heavy atom. The SMILES string of the molecule is CCCNC(C)c1ccc(F)cc1OC(C)C(=O)NC. The Hall–Kier alpha value is -1.62. The van der Waals surface area contributed by atoms with Gasteiger partial charge >= 0.3 is 0 Å². The lowest BCUT2D eigenvalue weighted by molar-refractivity contribution is -0.126. The van der Waals surface area contributed by atoms with Crippen molar-refractivity contribution in [1.29, 1.82) is 0 Å². The molecule has 20 heavy (non-hydrogen) atoms. The smallest absolute Gasteiger partial charge is 0.260 e. The van der Waals surface area contributed by atoms with E-state index in [9.17, 15) is 9.18 Å². The molecular formula is C15H23FN2O2. The second-order valence-corrected chi connectivity index (χ2v) is 4.73. The number of carbonyl (C=O) groups is 1. The normalized spacial score (nSPS) is 13.7. The molecule has 0 saturated heterocycles. The van der Waals surface area contributed by atoms with Crippen molar-refractivity contribution in [3.05, 3.63) is 29.6 Å². The average Bonchev–Trinajstić information content (AvgIpc) is 2.43. The van der Waals surface area contributed by atoms with Gasteiger partial charge < -0.3 is 15.4 Å². The summed E-state index contributed by atoms with van der Waals surface area (Å²) in [5, 5.41) is 5.83. The molecule has 0 bridgehead atoms. The molecule has 0 aliphatic rings. The van der Waals surface area contributed by atoms with E-state index in [1.165, 1.54) is 12.1 Å². The number of halogens is 1. The molecule has 0 aliphatic heterocycles. The van der Waals surface area contributed by atoms with Crippen molar-refractivity contribution in [2.75, 3.05) is 13.6 Å². The van der Waals surface area contributed by atoms with Gasteiger partial charge in [0, 0.05) is 24.7 Å². The Labute approximate surface area is 119 Å². The van der Waals surface area contributed by atoms with E-state index in [1.807, 2.05) is 6.92 Å². The number of amides is 1. The first kappa shape index (κ1) is 16.4. The summed E-state index contributed by atoms with van der Waals surface area (Å²) >= 11 is 0. The van der Waals surface area contributed by atoms with Crippen LogP contribution in [0.25, 0.3) is 0 Å². The lowest BCUT2D eigenvalue weighted by Crippen LogP contribution is -2.34. The van der Waals surface area contributed by atoms with Crippen molar-refractivity contribution in [1.82, 2.24) is 10.6 Å². The number of hydrogen-bond donors (Lipinski definition) is 2. The van der Waals surface area contributed by atoms with Crippen molar-refractivity contribution in [3.63, 3.8) is 0 Å². The van der Waals surface area contributed by atoms with Gasteiger partial charge in [0.05, 0.1) is 0 Å². The molecule has 1 aromatic rings. The summed E-state index contributed by atoms with van der Waals surface area (Å²) in [6.45, 7) is 6.57. The Morgan fingerprint density at radius 3 is 2.70 bits per heavy atom. The van der Waals surface area contributed by atoms with Gasteiger partial charge in [-0.3, -0.25) is 4.79 Å². The maximum absolute atomic E-state index is 13.4. The number of nitrogens with one attached hydrogen (secondary N) is 2. The van der Waals surface area contributed by atoms with E-state index in [1.54, 1.807) is 20.0 Å². The van der Waals surface area contributed by atoms with Crippen LogP contribution < -0.4 is 15.4 Å². The highest BCUT2D eigenvalue weighted by atomic mass is 19.1. The maximum atomic E-state index is 13.4. The van der Waals surface area contributed by atoms with Crippen molar-refractivity contribution < 1.29 is 13.9 Å². The lowest BCUT2D eigenvalue weighted by atomic mass is 10.1. The van der Waals surface area contributed by atoms with E-state index in [0.29, 0.717) is 5.75 Å². The second-order valence-electron chi connectivity index (χ2n) is 4.73. The van der Waals surface area contributed by atoms with Crippen molar-refractivity contribution in [2.24, 2.45) is 0 Å². The predicted molar refractivity (Wildman–Crippen MR) is 77.3 cm³/mol. The van der Waals surface area contributed by atoms with Gasteiger partial charge in [-0.05, 0) is 32.9 Å². The molecule has 2 unspecified atom stereocenters. The first-order valence-corrected chi connectivity index (χ1v) is 6.90. The Bertz CT molecular complexity index is 451. The van der Waals surface area contributed by atoms with Crippen LogP contribution in [0.3, 0.4) is 0 Å². The third kappa shape index (κ3) is 4.49. The van der Waals surface area contributed by atoms with Crippen molar-refractivity contribution >= 4 is 5.91 Å². The van der Waals surface area contributed by atoms with Crippen LogP contribution >= 0.6 is 0 Å². The molecule has 1 aromatic carbocycles. The molecule has 0 aliphatic carbocycles. The fraction of sp³-hybridized carbons (Fsp3) is 0.533. The van der Waals surface area contributed by atoms with Gasteiger partial charge in [-0.15, -0.1) is 0 Å². The van der Waals surface area contributed by atoms with Crippen LogP contribution in [-0.4, -0.2) is 25.6 Å². The molecule has 5 heteroatoms. The van der Waals surface area contributed by atoms with Crippen molar-refractivity contribution in [2.45, 2.75) is 39.3 Å². The molecular weight excluding hydrogens is 259 g/mol. The fourth-order valence-electron chi connectivity index (χ4n) is 1.89. The molecule has 0 spiro atoms. The van der Waals surface area contributed by atoms with Gasteiger partial charge in [0.25, 0.3) is 5.91 Å². The number of carbonyl (C=O) groups excluding carboxylic acids is 1. The minimum absolute atomic E-state index is 0.0300. The van der Waals surface area contributed by atoms with E-state index >= 15 is 0 Å². The monoisotopic (exact) mass is 282 g/mol. The standard InChI is InChI=1S/C15H23FN2O2/c1-5-8-18-10(2)13-7-6-12(16)9-14(13)20-11(3)15(19)17-4/h6-7,9-11,18H,5,8H2,1-4H3,(H,17,19). The van der Waals surface area contributed by atoms with Crippen LogP contribution in [0.15, 0.2) is 18.2 Å². The summed E-state index contributed by atoms with van der Waals surface area (Å²) in [6, 6.07) is 4.44. The molecule has 0 heterocycles. The lowest BCUT2D eigenvalue weighted by Gasteiger charge is -2.20. The third-order valence-corrected chi connectivity index (χ3v) is 3.06. The molecule has 0 aromatic heterocycles. The van der Waals surface area contributed by atoms with Crippen LogP contribution in [0.4, 0.5) is 4.39 Å².